The molecule has 0 aliphatic heterocycles. The Labute approximate surface area is 143 Å². The highest BCUT2D eigenvalue weighted by Crippen LogP contribution is 2.34. The molecule has 6 heteroatoms. The molecule has 2 aromatic carbocycles. The topological polar surface area (TPSA) is 77.1 Å². The molecule has 0 radical (unpaired) electrons. The molecule has 0 aliphatic rings. The van der Waals surface area contributed by atoms with Gasteiger partial charge in [-0.15, -0.1) is 10.2 Å². The molecule has 124 valence electrons. The molecule has 0 bridgehead atoms. The number of nitrogens with zero attached hydrogens (tertiary/aromatic N) is 2. The van der Waals surface area contributed by atoms with Crippen molar-refractivity contribution in [3.05, 3.63) is 54.2 Å². The van der Waals surface area contributed by atoms with E-state index in [1.807, 2.05) is 48.5 Å². The van der Waals surface area contributed by atoms with Crippen LogP contribution in [0.15, 0.2) is 48.5 Å². The first-order chi connectivity index (χ1) is 12.2. The average Bonchev–Trinajstić information content (AvgIpc) is 3.07. The largest absolute Gasteiger partial charge is 0.497 e. The van der Waals surface area contributed by atoms with Gasteiger partial charge in [-0.25, -0.2) is 4.79 Å². The molecule has 0 aliphatic carbocycles. The van der Waals surface area contributed by atoms with Crippen LogP contribution < -0.4 is 4.74 Å². The van der Waals surface area contributed by atoms with Gasteiger partial charge in [0, 0.05) is 16.3 Å². The third kappa shape index (κ3) is 2.39. The molecule has 0 fully saturated rings. The molecule has 25 heavy (non-hydrogen) atoms. The van der Waals surface area contributed by atoms with E-state index in [0.717, 1.165) is 16.6 Å². The van der Waals surface area contributed by atoms with Gasteiger partial charge in [-0.3, -0.25) is 0 Å². The number of H-pyrrole nitrogens is 1. The molecule has 1 N–H and O–H groups in total. The van der Waals surface area contributed by atoms with E-state index in [-0.39, 0.29) is 0 Å². The Hall–Kier alpha value is -3.41. The number of carbonyl (C=O) groups is 1. The number of fused-ring (bicyclic) bond motifs is 3. The lowest BCUT2D eigenvalue weighted by Gasteiger charge is -2.04. The van der Waals surface area contributed by atoms with Crippen molar-refractivity contribution in [1.29, 1.82) is 0 Å². The van der Waals surface area contributed by atoms with E-state index >= 15 is 0 Å². The minimum absolute atomic E-state index is 0.351. The number of benzene rings is 2. The number of hydrogen-bond acceptors (Lipinski definition) is 5. The molecule has 0 amide bonds. The monoisotopic (exact) mass is 333 g/mol. The lowest BCUT2D eigenvalue weighted by Crippen LogP contribution is -2.02. The van der Waals surface area contributed by atoms with Crippen LogP contribution in [0, 0.1) is 0 Å². The minimum atomic E-state index is -0.454. The molecule has 0 saturated carbocycles. The molecule has 2 heterocycles. The SMILES string of the molecule is COC(=O)c1[nH]c(-c2ccccc2)c2nnc3ccc(OC)cc3c12. The van der Waals surface area contributed by atoms with E-state index in [9.17, 15) is 4.79 Å². The number of hydrogen-bond donors (Lipinski definition) is 1. The third-order valence-electron chi connectivity index (χ3n) is 4.16. The Balaban J connectivity index is 2.13. The van der Waals surface area contributed by atoms with Crippen molar-refractivity contribution in [3.63, 3.8) is 0 Å². The van der Waals surface area contributed by atoms with E-state index in [1.165, 1.54) is 7.11 Å². The zero-order valence-corrected chi connectivity index (χ0v) is 13.7. The first-order valence-electron chi connectivity index (χ1n) is 7.72. The molecule has 0 atom stereocenters. The minimum Gasteiger partial charge on any atom is -0.497 e. The van der Waals surface area contributed by atoms with Crippen LogP contribution in [-0.4, -0.2) is 35.4 Å². The third-order valence-corrected chi connectivity index (χ3v) is 4.16. The van der Waals surface area contributed by atoms with Gasteiger partial charge in [0.1, 0.15) is 17.0 Å². The van der Waals surface area contributed by atoms with Crippen molar-refractivity contribution in [2.24, 2.45) is 0 Å². The summed E-state index contributed by atoms with van der Waals surface area (Å²) in [5.74, 6) is 0.226. The second-order valence-electron chi connectivity index (χ2n) is 5.54. The number of esters is 1. The summed E-state index contributed by atoms with van der Waals surface area (Å²) in [6, 6.07) is 15.2. The number of carbonyl (C=O) groups excluding carboxylic acids is 1. The smallest absolute Gasteiger partial charge is 0.355 e. The quantitative estimate of drug-likeness (QED) is 0.580. The zero-order valence-electron chi connectivity index (χ0n) is 13.7. The maximum atomic E-state index is 12.3. The Kier molecular flexibility index (Phi) is 3.57. The van der Waals surface area contributed by atoms with E-state index in [2.05, 4.69) is 15.2 Å². The molecule has 2 aromatic heterocycles. The van der Waals surface area contributed by atoms with Crippen LogP contribution in [0.3, 0.4) is 0 Å². The standard InChI is InChI=1S/C19H15N3O3/c1-24-12-8-9-14-13(10-12)15-17(22-21-14)16(11-6-4-3-5-7-11)20-18(15)19(23)25-2/h3-10,20H,1-2H3. The molecule has 4 aromatic rings. The first-order valence-corrected chi connectivity index (χ1v) is 7.72. The lowest BCUT2D eigenvalue weighted by atomic mass is 10.1. The van der Waals surface area contributed by atoms with Crippen LogP contribution in [0.2, 0.25) is 0 Å². The number of rotatable bonds is 3. The predicted molar refractivity (Wildman–Crippen MR) is 94.7 cm³/mol. The summed E-state index contributed by atoms with van der Waals surface area (Å²) in [4.78, 5) is 15.5. The van der Waals surface area contributed by atoms with Gasteiger partial charge in [-0.1, -0.05) is 30.3 Å². The van der Waals surface area contributed by atoms with Crippen molar-refractivity contribution in [1.82, 2.24) is 15.2 Å². The maximum Gasteiger partial charge on any atom is 0.355 e. The van der Waals surface area contributed by atoms with Crippen molar-refractivity contribution in [2.75, 3.05) is 14.2 Å². The molecular formula is C19H15N3O3. The number of ether oxygens (including phenoxy) is 2. The fourth-order valence-corrected chi connectivity index (χ4v) is 2.95. The summed E-state index contributed by atoms with van der Waals surface area (Å²) in [6.07, 6.45) is 0. The molecule has 6 nitrogen and oxygen atoms in total. The number of nitrogens with one attached hydrogen (secondary N) is 1. The fraction of sp³-hybridized carbons (Fsp3) is 0.105. The van der Waals surface area contributed by atoms with Crippen LogP contribution >= 0.6 is 0 Å². The fourth-order valence-electron chi connectivity index (χ4n) is 2.95. The summed E-state index contributed by atoms with van der Waals surface area (Å²) >= 11 is 0. The second-order valence-corrected chi connectivity index (χ2v) is 5.54. The predicted octanol–water partition coefficient (Wildman–Crippen LogP) is 3.57. The summed E-state index contributed by atoms with van der Waals surface area (Å²) < 4.78 is 10.3. The van der Waals surface area contributed by atoms with Gasteiger partial charge < -0.3 is 14.5 Å². The summed E-state index contributed by atoms with van der Waals surface area (Å²) in [5, 5.41) is 10.1. The van der Waals surface area contributed by atoms with Gasteiger partial charge in [0.05, 0.1) is 25.4 Å². The van der Waals surface area contributed by atoms with E-state index in [1.54, 1.807) is 7.11 Å². The van der Waals surface area contributed by atoms with Crippen molar-refractivity contribution >= 4 is 27.8 Å². The molecule has 0 saturated heterocycles. The maximum absolute atomic E-state index is 12.3. The first kappa shape index (κ1) is 15.1. The molecule has 0 spiro atoms. The van der Waals surface area contributed by atoms with E-state index < -0.39 is 5.97 Å². The van der Waals surface area contributed by atoms with Crippen molar-refractivity contribution in [2.45, 2.75) is 0 Å². The highest BCUT2D eigenvalue weighted by Gasteiger charge is 2.22. The lowest BCUT2D eigenvalue weighted by molar-refractivity contribution is 0.0597. The van der Waals surface area contributed by atoms with Crippen LogP contribution in [0.1, 0.15) is 10.5 Å². The average molecular weight is 333 g/mol. The summed E-state index contributed by atoms with van der Waals surface area (Å²) in [5.41, 5.74) is 3.29. The molecule has 0 unspecified atom stereocenters. The number of methoxy groups -OCH3 is 2. The normalized spacial score (nSPS) is 11.0. The van der Waals surface area contributed by atoms with E-state index in [0.29, 0.717) is 27.9 Å². The van der Waals surface area contributed by atoms with Crippen LogP contribution in [0.25, 0.3) is 33.1 Å². The molecule has 4 rings (SSSR count). The van der Waals surface area contributed by atoms with Crippen LogP contribution in [-0.2, 0) is 4.74 Å². The van der Waals surface area contributed by atoms with Gasteiger partial charge >= 0.3 is 5.97 Å². The Morgan fingerprint density at radius 2 is 1.84 bits per heavy atom. The highest BCUT2D eigenvalue weighted by atomic mass is 16.5. The van der Waals surface area contributed by atoms with Crippen LogP contribution in [0.4, 0.5) is 0 Å². The van der Waals surface area contributed by atoms with Gasteiger partial charge in [0.2, 0.25) is 0 Å². The second kappa shape index (κ2) is 5.90. The van der Waals surface area contributed by atoms with Gasteiger partial charge in [0.15, 0.2) is 0 Å². The summed E-state index contributed by atoms with van der Waals surface area (Å²) in [7, 11) is 2.95. The molecular weight excluding hydrogens is 318 g/mol. The van der Waals surface area contributed by atoms with Crippen molar-refractivity contribution < 1.29 is 14.3 Å². The Bertz CT molecular complexity index is 1090. The highest BCUT2D eigenvalue weighted by molar-refractivity contribution is 6.17. The van der Waals surface area contributed by atoms with E-state index in [4.69, 9.17) is 9.47 Å². The van der Waals surface area contributed by atoms with Gasteiger partial charge in [0.25, 0.3) is 0 Å². The number of aromatic nitrogens is 3. The van der Waals surface area contributed by atoms with Crippen molar-refractivity contribution in [3.8, 4) is 17.0 Å². The van der Waals surface area contributed by atoms with Gasteiger partial charge in [-0.05, 0) is 18.2 Å². The van der Waals surface area contributed by atoms with Gasteiger partial charge in [-0.2, -0.15) is 0 Å². The summed E-state index contributed by atoms with van der Waals surface area (Å²) in [6.45, 7) is 0. The van der Waals surface area contributed by atoms with Crippen LogP contribution in [0.5, 0.6) is 5.75 Å². The Morgan fingerprint density at radius 3 is 2.56 bits per heavy atom. The Morgan fingerprint density at radius 1 is 1.04 bits per heavy atom. The zero-order chi connectivity index (χ0) is 17.4. The number of aromatic amines is 1.